The van der Waals surface area contributed by atoms with Crippen LogP contribution >= 0.6 is 15.9 Å². The lowest BCUT2D eigenvalue weighted by Gasteiger charge is -2.10. The van der Waals surface area contributed by atoms with Crippen molar-refractivity contribution in [2.24, 2.45) is 0 Å². The van der Waals surface area contributed by atoms with Gasteiger partial charge in [-0.3, -0.25) is 4.21 Å². The molecule has 5 heteroatoms. The first-order valence-electron chi connectivity index (χ1n) is 6.01. The first kappa shape index (κ1) is 15.7. The van der Waals surface area contributed by atoms with Gasteiger partial charge in [0, 0.05) is 33.3 Å². The van der Waals surface area contributed by atoms with Crippen molar-refractivity contribution >= 4 is 26.7 Å². The van der Waals surface area contributed by atoms with Crippen molar-refractivity contribution in [2.45, 2.75) is 18.6 Å². The van der Waals surface area contributed by atoms with Gasteiger partial charge in [-0.2, -0.15) is 0 Å². The fourth-order valence-corrected chi connectivity index (χ4v) is 2.22. The normalized spacial score (nSPS) is 14.2. The fourth-order valence-electron chi connectivity index (χ4n) is 1.39. The van der Waals surface area contributed by atoms with Crippen LogP contribution in [0.1, 0.15) is 13.3 Å². The maximum Gasteiger partial charge on any atom is 0.120 e. The number of halogens is 1. The molecule has 0 aromatic heterocycles. The second-order valence-electron chi connectivity index (χ2n) is 4.15. The average molecular weight is 334 g/mol. The third-order valence-electron chi connectivity index (χ3n) is 2.64. The Morgan fingerprint density at radius 3 is 2.89 bits per heavy atom. The van der Waals surface area contributed by atoms with E-state index in [4.69, 9.17) is 4.74 Å². The first-order chi connectivity index (χ1) is 8.59. The maximum atomic E-state index is 11.1. The van der Waals surface area contributed by atoms with Crippen LogP contribution in [0, 0.1) is 0 Å². The lowest BCUT2D eigenvalue weighted by atomic mass is 10.3. The van der Waals surface area contributed by atoms with Crippen molar-refractivity contribution in [1.82, 2.24) is 5.32 Å². The molecule has 0 fully saturated rings. The van der Waals surface area contributed by atoms with Crippen LogP contribution in [0.4, 0.5) is 0 Å². The lowest BCUT2D eigenvalue weighted by Crippen LogP contribution is -2.25. The smallest absolute Gasteiger partial charge is 0.120 e. The Kier molecular flexibility index (Phi) is 7.54. The van der Waals surface area contributed by atoms with Crippen molar-refractivity contribution < 1.29 is 8.95 Å². The zero-order chi connectivity index (χ0) is 13.4. The van der Waals surface area contributed by atoms with Gasteiger partial charge in [-0.15, -0.1) is 0 Å². The van der Waals surface area contributed by atoms with Gasteiger partial charge in [0.05, 0.1) is 0 Å². The van der Waals surface area contributed by atoms with E-state index in [0.29, 0.717) is 6.61 Å². The quantitative estimate of drug-likeness (QED) is 0.743. The molecule has 0 aliphatic rings. The standard InChI is InChI=1S/C13H20BrNO2S/c1-11(18(2)16)6-7-15-8-9-17-13-5-3-4-12(14)10-13/h3-5,10-11,15H,6-9H2,1-2H3. The Bertz CT molecular complexity index is 387. The maximum absolute atomic E-state index is 11.1. The summed E-state index contributed by atoms with van der Waals surface area (Å²) >= 11 is 3.40. The third kappa shape index (κ3) is 6.52. The molecule has 1 aromatic carbocycles. The highest BCUT2D eigenvalue weighted by atomic mass is 79.9. The van der Waals surface area contributed by atoms with Gasteiger partial charge in [-0.25, -0.2) is 0 Å². The summed E-state index contributed by atoms with van der Waals surface area (Å²) < 4.78 is 17.7. The third-order valence-corrected chi connectivity index (χ3v) is 4.50. The summed E-state index contributed by atoms with van der Waals surface area (Å²) in [5.74, 6) is 0.870. The van der Waals surface area contributed by atoms with E-state index in [1.54, 1.807) is 6.26 Å². The Morgan fingerprint density at radius 1 is 1.44 bits per heavy atom. The van der Waals surface area contributed by atoms with Crippen LogP contribution < -0.4 is 10.1 Å². The van der Waals surface area contributed by atoms with Crippen LogP contribution in [-0.2, 0) is 10.8 Å². The highest BCUT2D eigenvalue weighted by molar-refractivity contribution is 9.10. The molecule has 18 heavy (non-hydrogen) atoms. The Hall–Kier alpha value is -0.390. The number of hydrogen-bond donors (Lipinski definition) is 1. The van der Waals surface area contributed by atoms with Crippen molar-refractivity contribution in [2.75, 3.05) is 26.0 Å². The van der Waals surface area contributed by atoms with E-state index in [0.717, 1.165) is 29.7 Å². The summed E-state index contributed by atoms with van der Waals surface area (Å²) in [6.07, 6.45) is 2.68. The van der Waals surface area contributed by atoms with Gasteiger partial charge in [-0.1, -0.05) is 28.9 Å². The lowest BCUT2D eigenvalue weighted by molar-refractivity contribution is 0.313. The van der Waals surface area contributed by atoms with Crippen molar-refractivity contribution in [3.63, 3.8) is 0 Å². The Labute approximate surface area is 120 Å². The fraction of sp³-hybridized carbons (Fsp3) is 0.538. The van der Waals surface area contributed by atoms with Gasteiger partial charge >= 0.3 is 0 Å². The molecule has 0 saturated carbocycles. The minimum Gasteiger partial charge on any atom is -0.492 e. The molecule has 0 aliphatic carbocycles. The van der Waals surface area contributed by atoms with E-state index < -0.39 is 10.8 Å². The summed E-state index contributed by atoms with van der Waals surface area (Å²) in [5, 5.41) is 3.54. The van der Waals surface area contributed by atoms with Gasteiger partial charge < -0.3 is 10.1 Å². The number of nitrogens with one attached hydrogen (secondary N) is 1. The molecule has 0 radical (unpaired) electrons. The molecule has 0 heterocycles. The van der Waals surface area contributed by atoms with E-state index in [1.807, 2.05) is 31.2 Å². The van der Waals surface area contributed by atoms with Gasteiger partial charge in [0.1, 0.15) is 12.4 Å². The molecular formula is C13H20BrNO2S. The van der Waals surface area contributed by atoms with Crippen LogP contribution in [0.2, 0.25) is 0 Å². The molecule has 1 N–H and O–H groups in total. The van der Waals surface area contributed by atoms with Crippen molar-refractivity contribution in [3.05, 3.63) is 28.7 Å². The van der Waals surface area contributed by atoms with Gasteiger partial charge in [0.15, 0.2) is 0 Å². The monoisotopic (exact) mass is 333 g/mol. The second kappa shape index (κ2) is 8.67. The highest BCUT2D eigenvalue weighted by Gasteiger charge is 2.04. The summed E-state index contributed by atoms with van der Waals surface area (Å²) in [5.41, 5.74) is 0. The SMILES string of the molecule is CC(CCNCCOc1cccc(Br)c1)S(C)=O. The van der Waals surface area contributed by atoms with E-state index in [-0.39, 0.29) is 5.25 Å². The average Bonchev–Trinajstić information content (AvgIpc) is 2.33. The number of ether oxygens (including phenoxy) is 1. The predicted molar refractivity (Wildman–Crippen MR) is 80.7 cm³/mol. The number of rotatable bonds is 8. The van der Waals surface area contributed by atoms with Crippen LogP contribution in [-0.4, -0.2) is 35.4 Å². The minimum absolute atomic E-state index is 0.253. The Morgan fingerprint density at radius 2 is 2.22 bits per heavy atom. The van der Waals surface area contributed by atoms with Crippen LogP contribution in [0.3, 0.4) is 0 Å². The topological polar surface area (TPSA) is 38.3 Å². The van der Waals surface area contributed by atoms with Gasteiger partial charge in [0.25, 0.3) is 0 Å². The zero-order valence-electron chi connectivity index (χ0n) is 10.8. The molecular weight excluding hydrogens is 314 g/mol. The van der Waals surface area contributed by atoms with Gasteiger partial charge in [0.2, 0.25) is 0 Å². The van der Waals surface area contributed by atoms with E-state index in [2.05, 4.69) is 21.2 Å². The van der Waals surface area contributed by atoms with E-state index in [1.165, 1.54) is 0 Å². The summed E-state index contributed by atoms with van der Waals surface area (Å²) in [6, 6.07) is 7.80. The second-order valence-corrected chi connectivity index (χ2v) is 6.87. The van der Waals surface area contributed by atoms with E-state index in [9.17, 15) is 4.21 Å². The van der Waals surface area contributed by atoms with Crippen molar-refractivity contribution in [3.8, 4) is 5.75 Å². The Balaban J connectivity index is 2.07. The molecule has 102 valence electrons. The molecule has 2 atom stereocenters. The molecule has 1 rings (SSSR count). The van der Waals surface area contributed by atoms with Crippen LogP contribution in [0.15, 0.2) is 28.7 Å². The number of benzene rings is 1. The van der Waals surface area contributed by atoms with Crippen LogP contribution in [0.5, 0.6) is 5.75 Å². The summed E-state index contributed by atoms with van der Waals surface area (Å²) in [4.78, 5) is 0. The molecule has 0 spiro atoms. The van der Waals surface area contributed by atoms with Gasteiger partial charge in [-0.05, 0) is 31.2 Å². The minimum atomic E-state index is -0.726. The summed E-state index contributed by atoms with van der Waals surface area (Å²) in [7, 11) is -0.726. The molecule has 0 aliphatic heterocycles. The first-order valence-corrected chi connectivity index (χ1v) is 8.42. The number of hydrogen-bond acceptors (Lipinski definition) is 3. The zero-order valence-corrected chi connectivity index (χ0v) is 13.2. The molecule has 0 bridgehead atoms. The largest absolute Gasteiger partial charge is 0.492 e. The van der Waals surface area contributed by atoms with E-state index >= 15 is 0 Å². The molecule has 0 amide bonds. The molecule has 0 saturated heterocycles. The van der Waals surface area contributed by atoms with Crippen LogP contribution in [0.25, 0.3) is 0 Å². The molecule has 2 unspecified atom stereocenters. The van der Waals surface area contributed by atoms with Crippen molar-refractivity contribution in [1.29, 1.82) is 0 Å². The summed E-state index contributed by atoms with van der Waals surface area (Å²) in [6.45, 7) is 4.33. The highest BCUT2D eigenvalue weighted by Crippen LogP contribution is 2.17. The predicted octanol–water partition coefficient (Wildman–Crippen LogP) is 2.57. The molecule has 1 aromatic rings. The molecule has 3 nitrogen and oxygen atoms in total.